The van der Waals surface area contributed by atoms with Crippen LogP contribution in [0.4, 0.5) is 10.1 Å². The zero-order valence-corrected chi connectivity index (χ0v) is 16.8. The van der Waals surface area contributed by atoms with Gasteiger partial charge < -0.3 is 19.7 Å². The highest BCUT2D eigenvalue weighted by Gasteiger charge is 2.28. The van der Waals surface area contributed by atoms with Crippen molar-refractivity contribution in [3.05, 3.63) is 52.6 Å². The first-order chi connectivity index (χ1) is 14.0. The minimum atomic E-state index is -0.452. The molecule has 0 unspecified atom stereocenters. The maximum atomic E-state index is 15.0. The highest BCUT2D eigenvalue weighted by atomic mass is 19.1. The van der Waals surface area contributed by atoms with Crippen molar-refractivity contribution in [3.63, 3.8) is 0 Å². The zero-order chi connectivity index (χ0) is 20.5. The molecule has 29 heavy (non-hydrogen) atoms. The quantitative estimate of drug-likeness (QED) is 0.760. The molecule has 1 amide bonds. The van der Waals surface area contributed by atoms with E-state index in [-0.39, 0.29) is 23.5 Å². The molecule has 2 aliphatic rings. The topological polar surface area (TPSA) is 57.6 Å². The van der Waals surface area contributed by atoms with Crippen LogP contribution in [0.15, 0.2) is 35.8 Å². The van der Waals surface area contributed by atoms with Gasteiger partial charge in [-0.1, -0.05) is 13.0 Å². The van der Waals surface area contributed by atoms with Crippen LogP contribution >= 0.6 is 0 Å². The van der Waals surface area contributed by atoms with Gasteiger partial charge in [-0.2, -0.15) is 0 Å². The predicted molar refractivity (Wildman–Crippen MR) is 113 cm³/mol. The number of rotatable bonds is 6. The number of aromatic nitrogens is 1. The average Bonchev–Trinajstić information content (AvgIpc) is 3.57. The van der Waals surface area contributed by atoms with Crippen molar-refractivity contribution in [2.24, 2.45) is 0 Å². The summed E-state index contributed by atoms with van der Waals surface area (Å²) in [6, 6.07) is 3.35. The van der Waals surface area contributed by atoms with Crippen LogP contribution < -0.4 is 15.6 Å². The summed E-state index contributed by atoms with van der Waals surface area (Å²) in [6.45, 7) is 10.3. The summed E-state index contributed by atoms with van der Waals surface area (Å²) in [5, 5.41) is 2.91. The van der Waals surface area contributed by atoms with Gasteiger partial charge in [0.1, 0.15) is 11.4 Å². The Kier molecular flexibility index (Phi) is 5.41. The molecule has 0 atom stereocenters. The number of nitrogens with zero attached hydrogens (tertiary/aromatic N) is 3. The molecular formula is C22H27FN4O2. The van der Waals surface area contributed by atoms with Gasteiger partial charge in [0.05, 0.1) is 11.2 Å². The minimum absolute atomic E-state index is 0.0509. The van der Waals surface area contributed by atoms with E-state index in [1.807, 2.05) is 9.47 Å². The van der Waals surface area contributed by atoms with Gasteiger partial charge in [-0.05, 0) is 31.5 Å². The maximum Gasteiger partial charge on any atom is 0.257 e. The molecule has 1 saturated carbocycles. The number of amides is 1. The molecule has 1 aliphatic heterocycles. The summed E-state index contributed by atoms with van der Waals surface area (Å²) in [6.07, 6.45) is 5.18. The minimum Gasteiger partial charge on any atom is -0.367 e. The molecule has 2 aromatic rings. The number of piperazine rings is 1. The molecule has 6 nitrogen and oxygen atoms in total. The lowest BCUT2D eigenvalue weighted by Gasteiger charge is -2.35. The summed E-state index contributed by atoms with van der Waals surface area (Å²) >= 11 is 0. The number of halogens is 1. The van der Waals surface area contributed by atoms with E-state index in [0.29, 0.717) is 11.2 Å². The van der Waals surface area contributed by atoms with Gasteiger partial charge in [-0.25, -0.2) is 4.39 Å². The molecule has 0 bridgehead atoms. The van der Waals surface area contributed by atoms with E-state index in [4.69, 9.17) is 0 Å². The van der Waals surface area contributed by atoms with Crippen LogP contribution in [0.25, 0.3) is 10.9 Å². The van der Waals surface area contributed by atoms with Crippen molar-refractivity contribution >= 4 is 22.5 Å². The Balaban J connectivity index is 1.78. The van der Waals surface area contributed by atoms with Crippen molar-refractivity contribution in [1.29, 1.82) is 0 Å². The first kappa shape index (κ1) is 19.6. The molecule has 154 valence electrons. The molecule has 1 saturated heterocycles. The average molecular weight is 398 g/mol. The van der Waals surface area contributed by atoms with Gasteiger partial charge in [0.15, 0.2) is 0 Å². The standard InChI is InChI=1S/C22H27FN4O2/c1-3-7-24-22(29)17-14-27(15-5-6-15)19-13-20(18(23)12-16(19)21(17)28)26-10-8-25(4-2)9-11-26/h3,12-15H,1,4-11H2,2H3,(H,24,29). The van der Waals surface area contributed by atoms with Crippen LogP contribution in [0.5, 0.6) is 0 Å². The number of hydrogen-bond donors (Lipinski definition) is 1. The molecule has 1 aromatic heterocycles. The van der Waals surface area contributed by atoms with E-state index < -0.39 is 17.2 Å². The smallest absolute Gasteiger partial charge is 0.257 e. The summed E-state index contributed by atoms with van der Waals surface area (Å²) in [7, 11) is 0. The van der Waals surface area contributed by atoms with E-state index in [1.54, 1.807) is 18.3 Å². The third-order valence-corrected chi connectivity index (χ3v) is 5.85. The van der Waals surface area contributed by atoms with Crippen LogP contribution in [0, 0.1) is 5.82 Å². The first-order valence-electron chi connectivity index (χ1n) is 10.3. The second-order valence-corrected chi connectivity index (χ2v) is 7.75. The maximum absolute atomic E-state index is 15.0. The van der Waals surface area contributed by atoms with E-state index >= 15 is 4.39 Å². The van der Waals surface area contributed by atoms with E-state index in [1.165, 1.54) is 6.07 Å². The molecule has 2 fully saturated rings. The molecular weight excluding hydrogens is 371 g/mol. The summed E-state index contributed by atoms with van der Waals surface area (Å²) < 4.78 is 17.0. The largest absolute Gasteiger partial charge is 0.367 e. The van der Waals surface area contributed by atoms with E-state index in [9.17, 15) is 9.59 Å². The number of anilines is 1. The summed E-state index contributed by atoms with van der Waals surface area (Å²) in [5.41, 5.74) is 0.854. The van der Waals surface area contributed by atoms with Crippen LogP contribution in [0.2, 0.25) is 0 Å². The normalized spacial score (nSPS) is 17.5. The van der Waals surface area contributed by atoms with E-state index in [2.05, 4.69) is 23.7 Å². The van der Waals surface area contributed by atoms with Gasteiger partial charge >= 0.3 is 0 Å². The van der Waals surface area contributed by atoms with Crippen molar-refractivity contribution in [1.82, 2.24) is 14.8 Å². The van der Waals surface area contributed by atoms with Crippen LogP contribution in [-0.4, -0.2) is 54.6 Å². The van der Waals surface area contributed by atoms with Gasteiger partial charge in [-0.15, -0.1) is 6.58 Å². The lowest BCUT2D eigenvalue weighted by molar-refractivity contribution is 0.0956. The summed E-state index contributed by atoms with van der Waals surface area (Å²) in [5.74, 6) is -0.864. The van der Waals surface area contributed by atoms with Gasteiger partial charge in [-0.3, -0.25) is 9.59 Å². The summed E-state index contributed by atoms with van der Waals surface area (Å²) in [4.78, 5) is 29.8. The second-order valence-electron chi connectivity index (χ2n) is 7.75. The highest BCUT2D eigenvalue weighted by Crippen LogP contribution is 2.38. The zero-order valence-electron chi connectivity index (χ0n) is 16.8. The van der Waals surface area contributed by atoms with Crippen molar-refractivity contribution < 1.29 is 9.18 Å². The Bertz CT molecular complexity index is 1000. The Hall–Kier alpha value is -2.67. The van der Waals surface area contributed by atoms with Gasteiger partial charge in [0, 0.05) is 50.3 Å². The van der Waals surface area contributed by atoms with Crippen LogP contribution in [0.1, 0.15) is 36.2 Å². The number of fused-ring (bicyclic) bond motifs is 1. The Morgan fingerprint density at radius 1 is 1.28 bits per heavy atom. The SMILES string of the molecule is C=CCNC(=O)c1cn(C2CC2)c2cc(N3CCN(CC)CC3)c(F)cc2c1=O. The fraction of sp³-hybridized carbons (Fsp3) is 0.455. The fourth-order valence-corrected chi connectivity index (χ4v) is 3.98. The molecule has 2 heterocycles. The number of carbonyl (C=O) groups excluding carboxylic acids is 1. The molecule has 0 spiro atoms. The van der Waals surface area contributed by atoms with Crippen molar-refractivity contribution in [2.75, 3.05) is 44.2 Å². The van der Waals surface area contributed by atoms with Crippen LogP contribution in [-0.2, 0) is 0 Å². The molecule has 7 heteroatoms. The third-order valence-electron chi connectivity index (χ3n) is 5.85. The van der Waals surface area contributed by atoms with Crippen molar-refractivity contribution in [2.45, 2.75) is 25.8 Å². The second kappa shape index (κ2) is 7.99. The molecule has 1 aliphatic carbocycles. The monoisotopic (exact) mass is 398 g/mol. The third kappa shape index (κ3) is 3.79. The number of hydrogen-bond acceptors (Lipinski definition) is 4. The predicted octanol–water partition coefficient (Wildman–Crippen LogP) is 2.53. The number of benzene rings is 1. The molecule has 4 rings (SSSR count). The lowest BCUT2D eigenvalue weighted by atomic mass is 10.1. The number of pyridine rings is 1. The highest BCUT2D eigenvalue weighted by molar-refractivity contribution is 5.98. The lowest BCUT2D eigenvalue weighted by Crippen LogP contribution is -2.46. The molecule has 1 aromatic carbocycles. The number of likely N-dealkylation sites (N-methyl/N-ethyl adjacent to an activating group) is 1. The Labute approximate surface area is 169 Å². The molecule has 0 radical (unpaired) electrons. The fourth-order valence-electron chi connectivity index (χ4n) is 3.98. The van der Waals surface area contributed by atoms with Gasteiger partial charge in [0.2, 0.25) is 5.43 Å². The van der Waals surface area contributed by atoms with Gasteiger partial charge in [0.25, 0.3) is 5.91 Å². The van der Waals surface area contributed by atoms with Crippen LogP contribution in [0.3, 0.4) is 0 Å². The number of nitrogens with one attached hydrogen (secondary N) is 1. The Morgan fingerprint density at radius 2 is 2.00 bits per heavy atom. The molecule has 1 N–H and O–H groups in total. The van der Waals surface area contributed by atoms with E-state index in [0.717, 1.165) is 45.6 Å². The number of carbonyl (C=O) groups is 1. The van der Waals surface area contributed by atoms with Crippen molar-refractivity contribution in [3.8, 4) is 0 Å². The first-order valence-corrected chi connectivity index (χ1v) is 10.3. The Morgan fingerprint density at radius 3 is 2.62 bits per heavy atom.